The number of halogens is 1. The molecule has 0 atom stereocenters. The molecule has 0 saturated heterocycles. The number of para-hydroxylation sites is 1. The number of thiazole rings is 1. The number of amides is 3. The topological polar surface area (TPSA) is 83.1 Å². The molecule has 1 heterocycles. The Kier molecular flexibility index (Phi) is 5.60. The van der Waals surface area contributed by atoms with Crippen LogP contribution < -0.4 is 16.0 Å². The lowest BCUT2D eigenvalue weighted by atomic mass is 10.1. The van der Waals surface area contributed by atoms with Crippen LogP contribution in [0.15, 0.2) is 36.4 Å². The normalized spacial score (nSPS) is 10.3. The molecule has 27 heavy (non-hydrogen) atoms. The first kappa shape index (κ1) is 18.7. The summed E-state index contributed by atoms with van der Waals surface area (Å²) in [6.07, 6.45) is 5.10. The van der Waals surface area contributed by atoms with Gasteiger partial charge in [0.2, 0.25) is 0 Å². The molecule has 3 amide bonds. The Balaban J connectivity index is 1.79. The lowest BCUT2D eigenvalue weighted by Gasteiger charge is -2.10. The van der Waals surface area contributed by atoms with Crippen molar-refractivity contribution in [2.45, 2.75) is 6.92 Å². The predicted octanol–water partition coefficient (Wildman–Crippen LogP) is 4.27. The molecule has 0 aliphatic heterocycles. The van der Waals surface area contributed by atoms with Crippen molar-refractivity contribution in [1.82, 2.24) is 10.3 Å². The second kappa shape index (κ2) is 8.08. The van der Waals surface area contributed by atoms with Gasteiger partial charge in [0.25, 0.3) is 5.91 Å². The van der Waals surface area contributed by atoms with Crippen LogP contribution in [0.5, 0.6) is 0 Å². The maximum absolute atomic E-state index is 12.6. The summed E-state index contributed by atoms with van der Waals surface area (Å²) in [5, 5.41) is 8.84. The van der Waals surface area contributed by atoms with E-state index in [-0.39, 0.29) is 12.5 Å². The molecule has 0 saturated carbocycles. The summed E-state index contributed by atoms with van der Waals surface area (Å²) in [5.74, 6) is 2.04. The van der Waals surface area contributed by atoms with Crippen molar-refractivity contribution in [3.63, 3.8) is 0 Å². The van der Waals surface area contributed by atoms with Gasteiger partial charge in [0.15, 0.2) is 5.13 Å². The molecule has 0 bridgehead atoms. The van der Waals surface area contributed by atoms with E-state index in [2.05, 4.69) is 26.9 Å². The first-order valence-corrected chi connectivity index (χ1v) is 9.12. The molecule has 2 aromatic carbocycles. The molecule has 0 unspecified atom stereocenters. The van der Waals surface area contributed by atoms with Crippen LogP contribution in [-0.2, 0) is 0 Å². The third kappa shape index (κ3) is 4.37. The third-order valence-corrected chi connectivity index (χ3v) is 4.93. The zero-order chi connectivity index (χ0) is 19.4. The summed E-state index contributed by atoms with van der Waals surface area (Å²) in [6, 6.07) is 10.1. The van der Waals surface area contributed by atoms with Crippen molar-refractivity contribution in [2.75, 3.05) is 17.2 Å². The van der Waals surface area contributed by atoms with Crippen LogP contribution in [0.1, 0.15) is 15.9 Å². The molecule has 0 spiro atoms. The van der Waals surface area contributed by atoms with Crippen molar-refractivity contribution in [1.29, 1.82) is 0 Å². The lowest BCUT2D eigenvalue weighted by molar-refractivity contribution is 0.102. The van der Waals surface area contributed by atoms with E-state index in [9.17, 15) is 9.59 Å². The van der Waals surface area contributed by atoms with Crippen LogP contribution in [-0.4, -0.2) is 23.5 Å². The third-order valence-electron chi connectivity index (χ3n) is 3.68. The number of nitrogens with one attached hydrogen (secondary N) is 3. The molecule has 0 radical (unpaired) electrons. The zero-order valence-electron chi connectivity index (χ0n) is 14.3. The van der Waals surface area contributed by atoms with E-state index in [0.717, 1.165) is 10.3 Å². The van der Waals surface area contributed by atoms with Gasteiger partial charge in [0.05, 0.1) is 27.5 Å². The van der Waals surface area contributed by atoms with Crippen LogP contribution >= 0.6 is 22.9 Å². The summed E-state index contributed by atoms with van der Waals surface area (Å²) in [7, 11) is 0. The minimum atomic E-state index is -0.431. The fourth-order valence-electron chi connectivity index (χ4n) is 2.37. The quantitative estimate of drug-likeness (QED) is 0.574. The number of rotatable bonds is 4. The average molecular weight is 399 g/mol. The highest BCUT2D eigenvalue weighted by Crippen LogP contribution is 2.29. The van der Waals surface area contributed by atoms with Crippen molar-refractivity contribution in [3.05, 3.63) is 52.5 Å². The van der Waals surface area contributed by atoms with Crippen molar-refractivity contribution >= 4 is 55.9 Å². The molecule has 136 valence electrons. The monoisotopic (exact) mass is 398 g/mol. The Morgan fingerprint density at radius 1 is 1.26 bits per heavy atom. The molecule has 1 aromatic heterocycles. The van der Waals surface area contributed by atoms with Gasteiger partial charge in [-0.05, 0) is 36.8 Å². The molecule has 8 heteroatoms. The Labute approximate surface area is 164 Å². The van der Waals surface area contributed by atoms with Gasteiger partial charge in [-0.25, -0.2) is 9.78 Å². The van der Waals surface area contributed by atoms with Gasteiger partial charge >= 0.3 is 6.03 Å². The van der Waals surface area contributed by atoms with E-state index in [4.69, 9.17) is 18.0 Å². The number of carbonyl (C=O) groups excluding carboxylic acids is 2. The molecule has 3 N–H and O–H groups in total. The Morgan fingerprint density at radius 2 is 2.07 bits per heavy atom. The fraction of sp³-hybridized carbons (Fsp3) is 0.105. The molecular weight excluding hydrogens is 384 g/mol. The highest BCUT2D eigenvalue weighted by atomic mass is 35.5. The highest BCUT2D eigenvalue weighted by molar-refractivity contribution is 7.22. The predicted molar refractivity (Wildman–Crippen MR) is 110 cm³/mol. The number of terminal acetylenes is 1. The summed E-state index contributed by atoms with van der Waals surface area (Å²) >= 11 is 7.43. The number of aromatic nitrogens is 1. The number of hydrogen-bond donors (Lipinski definition) is 3. The number of benzene rings is 2. The van der Waals surface area contributed by atoms with E-state index in [1.807, 2.05) is 19.1 Å². The van der Waals surface area contributed by atoms with Crippen LogP contribution in [0.4, 0.5) is 15.6 Å². The SMILES string of the molecule is C#CCNC(=O)Nc1nc2ccc(C(=O)Nc3c(C)cccc3Cl)cc2s1. The maximum atomic E-state index is 12.6. The van der Waals surface area contributed by atoms with Gasteiger partial charge in [-0.1, -0.05) is 41.0 Å². The van der Waals surface area contributed by atoms with E-state index >= 15 is 0 Å². The Bertz CT molecular complexity index is 1050. The largest absolute Gasteiger partial charge is 0.327 e. The average Bonchev–Trinajstić information content (AvgIpc) is 3.04. The summed E-state index contributed by atoms with van der Waals surface area (Å²) in [5.41, 5.74) is 2.60. The fourth-order valence-corrected chi connectivity index (χ4v) is 3.54. The standard InChI is InChI=1S/C19H15ClN4O2S/c1-3-9-21-18(26)24-19-22-14-8-7-12(10-15(14)27-19)17(25)23-16-11(2)5-4-6-13(16)20/h1,4-8,10H,9H2,2H3,(H,23,25)(H2,21,22,24,26). The summed E-state index contributed by atoms with van der Waals surface area (Å²) in [6.45, 7) is 2.00. The molecule has 0 aliphatic carbocycles. The van der Waals surface area contributed by atoms with Crippen molar-refractivity contribution in [3.8, 4) is 12.3 Å². The summed E-state index contributed by atoms with van der Waals surface area (Å²) < 4.78 is 0.769. The van der Waals surface area contributed by atoms with E-state index in [0.29, 0.717) is 26.9 Å². The number of urea groups is 1. The minimum Gasteiger partial charge on any atom is -0.327 e. The van der Waals surface area contributed by atoms with Crippen LogP contribution in [0, 0.1) is 19.3 Å². The Morgan fingerprint density at radius 3 is 2.81 bits per heavy atom. The van der Waals surface area contributed by atoms with Gasteiger partial charge in [-0.2, -0.15) is 0 Å². The molecule has 0 fully saturated rings. The lowest BCUT2D eigenvalue weighted by Crippen LogP contribution is -2.28. The van der Waals surface area contributed by atoms with E-state index in [1.54, 1.807) is 24.3 Å². The number of aryl methyl sites for hydroxylation is 1. The molecule has 3 rings (SSSR count). The first-order chi connectivity index (χ1) is 13.0. The van der Waals surface area contributed by atoms with Gasteiger partial charge < -0.3 is 10.6 Å². The van der Waals surface area contributed by atoms with Crippen LogP contribution in [0.3, 0.4) is 0 Å². The molecular formula is C19H15ClN4O2S. The number of fused-ring (bicyclic) bond motifs is 1. The summed E-state index contributed by atoms with van der Waals surface area (Å²) in [4.78, 5) is 28.6. The van der Waals surface area contributed by atoms with Crippen molar-refractivity contribution in [2.24, 2.45) is 0 Å². The number of hydrogen-bond acceptors (Lipinski definition) is 4. The molecule has 0 aliphatic rings. The first-order valence-electron chi connectivity index (χ1n) is 7.93. The Hall–Kier alpha value is -3.08. The van der Waals surface area contributed by atoms with Gasteiger partial charge in [0.1, 0.15) is 0 Å². The van der Waals surface area contributed by atoms with E-state index < -0.39 is 6.03 Å². The second-order valence-corrected chi connectivity index (χ2v) is 7.04. The smallest absolute Gasteiger partial charge is 0.321 e. The number of nitrogens with zero attached hydrogens (tertiary/aromatic N) is 1. The highest BCUT2D eigenvalue weighted by Gasteiger charge is 2.13. The second-order valence-electron chi connectivity index (χ2n) is 5.60. The minimum absolute atomic E-state index is 0.127. The number of anilines is 2. The van der Waals surface area contributed by atoms with Gasteiger partial charge in [0, 0.05) is 5.56 Å². The van der Waals surface area contributed by atoms with E-state index in [1.165, 1.54) is 11.3 Å². The zero-order valence-corrected chi connectivity index (χ0v) is 15.9. The van der Waals surface area contributed by atoms with Gasteiger partial charge in [-0.3, -0.25) is 10.1 Å². The van der Waals surface area contributed by atoms with Crippen LogP contribution in [0.2, 0.25) is 5.02 Å². The molecule has 3 aromatic rings. The van der Waals surface area contributed by atoms with Crippen molar-refractivity contribution < 1.29 is 9.59 Å². The van der Waals surface area contributed by atoms with Gasteiger partial charge in [-0.15, -0.1) is 6.42 Å². The number of carbonyl (C=O) groups is 2. The maximum Gasteiger partial charge on any atom is 0.321 e. The van der Waals surface area contributed by atoms with Crippen LogP contribution in [0.25, 0.3) is 10.2 Å². The molecule has 6 nitrogen and oxygen atoms in total.